The zero-order valence-corrected chi connectivity index (χ0v) is 17.3. The molecule has 1 amide bonds. The fourth-order valence-electron chi connectivity index (χ4n) is 3.43. The summed E-state index contributed by atoms with van der Waals surface area (Å²) in [7, 11) is 0. The third-order valence-electron chi connectivity index (χ3n) is 5.24. The van der Waals surface area contributed by atoms with Crippen LogP contribution in [0, 0.1) is 16.0 Å². The largest absolute Gasteiger partial charge is 0.399 e. The minimum atomic E-state index is -0.404. The molecule has 0 aliphatic carbocycles. The summed E-state index contributed by atoms with van der Waals surface area (Å²) < 4.78 is 0. The standard InChI is InChI=1S/C21H26N4O3.ClH/c1-15-9-12-24(13-10-15)19-7-4-17(14-20(19)25(27)28)21(26)23-11-8-16-2-5-18(22)6-3-16;/h2-7,14-15H,8-13,22H2,1H3,(H,23,26);1H. The van der Waals surface area contributed by atoms with Crippen molar-refractivity contribution in [2.24, 2.45) is 5.92 Å². The molecule has 0 saturated carbocycles. The molecule has 1 aliphatic heterocycles. The van der Waals surface area contributed by atoms with Crippen LogP contribution in [-0.4, -0.2) is 30.5 Å². The first-order chi connectivity index (χ1) is 13.4. The molecule has 1 aliphatic rings. The normalized spacial score (nSPS) is 14.2. The molecule has 0 atom stereocenters. The van der Waals surface area contributed by atoms with Crippen molar-refractivity contribution in [1.29, 1.82) is 0 Å². The number of piperidine rings is 1. The number of hydrogen-bond donors (Lipinski definition) is 2. The van der Waals surface area contributed by atoms with Crippen LogP contribution in [0.3, 0.4) is 0 Å². The van der Waals surface area contributed by atoms with Gasteiger partial charge in [-0.2, -0.15) is 0 Å². The molecule has 3 rings (SSSR count). The second kappa shape index (κ2) is 10.1. The van der Waals surface area contributed by atoms with Gasteiger partial charge in [0.15, 0.2) is 0 Å². The van der Waals surface area contributed by atoms with Crippen molar-refractivity contribution < 1.29 is 9.72 Å². The van der Waals surface area contributed by atoms with Gasteiger partial charge < -0.3 is 16.0 Å². The fourth-order valence-corrected chi connectivity index (χ4v) is 3.43. The Morgan fingerprint density at radius 3 is 2.48 bits per heavy atom. The van der Waals surface area contributed by atoms with Gasteiger partial charge in [0.1, 0.15) is 5.69 Å². The Labute approximate surface area is 176 Å². The number of nitrogen functional groups attached to an aromatic ring is 1. The lowest BCUT2D eigenvalue weighted by Gasteiger charge is -2.31. The molecular formula is C21H27ClN4O3. The molecule has 0 aromatic heterocycles. The maximum absolute atomic E-state index is 12.4. The van der Waals surface area contributed by atoms with Crippen LogP contribution in [0.15, 0.2) is 42.5 Å². The maximum Gasteiger partial charge on any atom is 0.293 e. The molecule has 1 saturated heterocycles. The highest BCUT2D eigenvalue weighted by atomic mass is 35.5. The predicted molar refractivity (Wildman–Crippen MR) is 118 cm³/mol. The minimum Gasteiger partial charge on any atom is -0.399 e. The quantitative estimate of drug-likeness (QED) is 0.422. The molecule has 0 bridgehead atoms. The molecule has 156 valence electrons. The Hall–Kier alpha value is -2.80. The monoisotopic (exact) mass is 418 g/mol. The average Bonchev–Trinajstić information content (AvgIpc) is 2.69. The van der Waals surface area contributed by atoms with E-state index in [1.807, 2.05) is 29.2 Å². The highest BCUT2D eigenvalue weighted by molar-refractivity contribution is 5.95. The maximum atomic E-state index is 12.4. The number of anilines is 2. The Kier molecular flexibility index (Phi) is 7.84. The summed E-state index contributed by atoms with van der Waals surface area (Å²) in [6.45, 7) is 4.25. The molecule has 1 fully saturated rings. The van der Waals surface area contributed by atoms with Gasteiger partial charge >= 0.3 is 0 Å². The van der Waals surface area contributed by atoms with Crippen molar-refractivity contribution in [2.75, 3.05) is 30.3 Å². The molecule has 8 heteroatoms. The van der Waals surface area contributed by atoms with E-state index in [0.29, 0.717) is 35.8 Å². The number of carbonyl (C=O) groups is 1. The summed E-state index contributed by atoms with van der Waals surface area (Å²) in [6, 6.07) is 12.2. The van der Waals surface area contributed by atoms with Crippen LogP contribution in [0.4, 0.5) is 17.1 Å². The zero-order chi connectivity index (χ0) is 20.1. The van der Waals surface area contributed by atoms with E-state index in [1.54, 1.807) is 12.1 Å². The smallest absolute Gasteiger partial charge is 0.293 e. The van der Waals surface area contributed by atoms with Gasteiger partial charge in [-0.1, -0.05) is 19.1 Å². The molecule has 0 spiro atoms. The predicted octanol–water partition coefficient (Wildman–Crippen LogP) is 3.81. The summed E-state index contributed by atoms with van der Waals surface area (Å²) in [5, 5.41) is 14.4. The van der Waals surface area contributed by atoms with Crippen LogP contribution >= 0.6 is 12.4 Å². The van der Waals surface area contributed by atoms with Crippen LogP contribution in [-0.2, 0) is 6.42 Å². The van der Waals surface area contributed by atoms with Crippen LogP contribution in [0.2, 0.25) is 0 Å². The Balaban J connectivity index is 0.00000300. The van der Waals surface area contributed by atoms with E-state index in [9.17, 15) is 14.9 Å². The van der Waals surface area contributed by atoms with Crippen LogP contribution in [0.5, 0.6) is 0 Å². The van der Waals surface area contributed by atoms with E-state index in [-0.39, 0.29) is 24.0 Å². The topological polar surface area (TPSA) is 102 Å². The van der Waals surface area contributed by atoms with Crippen molar-refractivity contribution >= 4 is 35.4 Å². The van der Waals surface area contributed by atoms with Crippen molar-refractivity contribution in [3.05, 3.63) is 63.7 Å². The molecule has 0 unspecified atom stereocenters. The highest BCUT2D eigenvalue weighted by Crippen LogP contribution is 2.32. The van der Waals surface area contributed by atoms with E-state index in [0.717, 1.165) is 31.5 Å². The molecule has 2 aromatic rings. The number of carbonyl (C=O) groups excluding carboxylic acids is 1. The first kappa shape index (κ1) is 22.5. The number of nitro benzene ring substituents is 1. The number of nitro groups is 1. The van der Waals surface area contributed by atoms with E-state index in [1.165, 1.54) is 6.07 Å². The molecule has 2 aromatic carbocycles. The summed E-state index contributed by atoms with van der Waals surface area (Å²) in [5.41, 5.74) is 8.31. The van der Waals surface area contributed by atoms with Gasteiger partial charge in [0, 0.05) is 37.0 Å². The van der Waals surface area contributed by atoms with E-state index >= 15 is 0 Å². The number of hydrogen-bond acceptors (Lipinski definition) is 5. The SMILES string of the molecule is CC1CCN(c2ccc(C(=O)NCCc3ccc(N)cc3)cc2[N+](=O)[O-])CC1.Cl. The summed E-state index contributed by atoms with van der Waals surface area (Å²) in [6.07, 6.45) is 2.70. The third-order valence-corrected chi connectivity index (χ3v) is 5.24. The number of nitrogens with two attached hydrogens (primary N) is 1. The average molecular weight is 419 g/mol. The minimum absolute atomic E-state index is 0. The molecule has 3 N–H and O–H groups in total. The lowest BCUT2D eigenvalue weighted by atomic mass is 9.98. The molecular weight excluding hydrogens is 392 g/mol. The van der Waals surface area contributed by atoms with E-state index in [2.05, 4.69) is 12.2 Å². The lowest BCUT2D eigenvalue weighted by Crippen LogP contribution is -2.33. The van der Waals surface area contributed by atoms with Crippen LogP contribution in [0.1, 0.15) is 35.7 Å². The number of halogens is 1. The summed E-state index contributed by atoms with van der Waals surface area (Å²) >= 11 is 0. The van der Waals surface area contributed by atoms with Gasteiger partial charge in [-0.05, 0) is 55.0 Å². The van der Waals surface area contributed by atoms with Crippen molar-refractivity contribution in [2.45, 2.75) is 26.2 Å². The van der Waals surface area contributed by atoms with Crippen LogP contribution < -0.4 is 16.0 Å². The lowest BCUT2D eigenvalue weighted by molar-refractivity contribution is -0.384. The van der Waals surface area contributed by atoms with Crippen molar-refractivity contribution in [3.63, 3.8) is 0 Å². The van der Waals surface area contributed by atoms with Gasteiger partial charge in [0.25, 0.3) is 11.6 Å². The molecule has 29 heavy (non-hydrogen) atoms. The Morgan fingerprint density at radius 1 is 1.21 bits per heavy atom. The number of rotatable bonds is 6. The van der Waals surface area contributed by atoms with Crippen LogP contribution in [0.25, 0.3) is 0 Å². The first-order valence-corrected chi connectivity index (χ1v) is 9.60. The fraction of sp³-hybridized carbons (Fsp3) is 0.381. The number of benzene rings is 2. The number of nitrogens with one attached hydrogen (secondary N) is 1. The van der Waals surface area contributed by atoms with E-state index in [4.69, 9.17) is 5.73 Å². The van der Waals surface area contributed by atoms with Crippen molar-refractivity contribution in [3.8, 4) is 0 Å². The Bertz CT molecular complexity index is 850. The van der Waals surface area contributed by atoms with Gasteiger partial charge in [0.05, 0.1) is 4.92 Å². The third kappa shape index (κ3) is 5.84. The highest BCUT2D eigenvalue weighted by Gasteiger charge is 2.24. The van der Waals surface area contributed by atoms with Gasteiger partial charge in [-0.25, -0.2) is 0 Å². The summed E-state index contributed by atoms with van der Waals surface area (Å²) in [4.78, 5) is 25.6. The summed E-state index contributed by atoms with van der Waals surface area (Å²) in [5.74, 6) is 0.332. The zero-order valence-electron chi connectivity index (χ0n) is 16.5. The molecule has 1 heterocycles. The van der Waals surface area contributed by atoms with Crippen molar-refractivity contribution in [1.82, 2.24) is 5.32 Å². The number of nitrogens with zero attached hydrogens (tertiary/aromatic N) is 2. The Morgan fingerprint density at radius 2 is 1.86 bits per heavy atom. The van der Waals surface area contributed by atoms with Gasteiger partial charge in [-0.3, -0.25) is 14.9 Å². The number of amides is 1. The van der Waals surface area contributed by atoms with E-state index < -0.39 is 4.92 Å². The second-order valence-corrected chi connectivity index (χ2v) is 7.38. The second-order valence-electron chi connectivity index (χ2n) is 7.38. The van der Waals surface area contributed by atoms with Gasteiger partial charge in [-0.15, -0.1) is 12.4 Å². The van der Waals surface area contributed by atoms with Gasteiger partial charge in [0.2, 0.25) is 0 Å². The molecule has 7 nitrogen and oxygen atoms in total. The first-order valence-electron chi connectivity index (χ1n) is 9.60. The molecule has 0 radical (unpaired) electrons.